The summed E-state index contributed by atoms with van der Waals surface area (Å²) in [6.45, 7) is 0. The number of anilines is 1. The normalized spacial score (nSPS) is 11.5. The molecule has 4 aromatic carbocycles. The first-order valence-corrected chi connectivity index (χ1v) is 13.1. The molecule has 0 unspecified atom stereocenters. The van der Waals surface area contributed by atoms with Crippen LogP contribution in [0.25, 0.3) is 22.6 Å². The number of phenols is 1. The van der Waals surface area contributed by atoms with Crippen molar-refractivity contribution in [3.05, 3.63) is 107 Å². The summed E-state index contributed by atoms with van der Waals surface area (Å²) >= 11 is 0. The maximum atomic E-state index is 12.9. The second-order valence-electron chi connectivity index (χ2n) is 9.21. The number of fused-ring (bicyclic) bond motifs is 1. The van der Waals surface area contributed by atoms with Crippen LogP contribution >= 0.6 is 0 Å². The Morgan fingerprint density at radius 3 is 1.48 bits per heavy atom. The number of alkyl halides is 12. The van der Waals surface area contributed by atoms with Crippen molar-refractivity contribution in [1.82, 2.24) is 4.98 Å². The summed E-state index contributed by atoms with van der Waals surface area (Å²) in [5.41, 5.74) is 0.856. The lowest BCUT2D eigenvalue weighted by Crippen LogP contribution is -2.06. The Labute approximate surface area is 276 Å². The third-order valence-corrected chi connectivity index (χ3v) is 5.97. The van der Waals surface area contributed by atoms with Gasteiger partial charge in [-0.25, -0.2) is 4.98 Å². The minimum atomic E-state index is -4.61. The van der Waals surface area contributed by atoms with Gasteiger partial charge in [0.1, 0.15) is 16.8 Å². The van der Waals surface area contributed by atoms with E-state index in [0.717, 1.165) is 61.7 Å². The average molecular weight is 733 g/mol. The van der Waals surface area contributed by atoms with Crippen LogP contribution in [0.15, 0.2) is 89.3 Å². The molecular weight excluding hydrogens is 704 g/mol. The van der Waals surface area contributed by atoms with Crippen molar-refractivity contribution < 1.29 is 72.1 Å². The number of aromatic nitrogens is 1. The number of phenolic OH excluding ortho intramolecular Hbond substituents is 1. The van der Waals surface area contributed by atoms with Crippen molar-refractivity contribution in [3.8, 4) is 23.0 Å². The molecule has 1 heterocycles. The Morgan fingerprint density at radius 1 is 0.620 bits per heavy atom. The Morgan fingerprint density at radius 2 is 1.06 bits per heavy atom. The Bertz CT molecular complexity index is 1780. The summed E-state index contributed by atoms with van der Waals surface area (Å²) in [5, 5.41) is 15.9. The van der Waals surface area contributed by atoms with Crippen LogP contribution in [0.3, 0.4) is 0 Å². The smallest absolute Gasteiger partial charge is 0.420 e. The van der Waals surface area contributed by atoms with Gasteiger partial charge >= 0.3 is 24.7 Å². The van der Waals surface area contributed by atoms with Crippen LogP contribution in [0, 0.1) is 0 Å². The SMILES string of the molecule is C.CO.COc1ccc(C(F)(F)F)cc1.FC(F)(F)c1ccc(-c2nc3cccc(C(F)(F)F)c3o2)cc1.Nc1cccc(C(F)(F)F)c1O. The number of oxazole rings is 1. The number of rotatable bonds is 2. The number of hydrogen-bond acceptors (Lipinski definition) is 6. The number of aliphatic hydroxyl groups excluding tert-OH is 1. The molecule has 0 saturated heterocycles. The summed E-state index contributed by atoms with van der Waals surface area (Å²) in [6, 6.07) is 14.8. The Balaban J connectivity index is 0.000000395. The van der Waals surface area contributed by atoms with E-state index in [1.54, 1.807) is 0 Å². The van der Waals surface area contributed by atoms with Gasteiger partial charge in [0.25, 0.3) is 0 Å². The molecule has 1 aromatic heterocycles. The van der Waals surface area contributed by atoms with E-state index in [1.807, 2.05) is 0 Å². The van der Waals surface area contributed by atoms with Crippen LogP contribution < -0.4 is 10.5 Å². The van der Waals surface area contributed by atoms with Crippen LogP contribution in [0.1, 0.15) is 29.7 Å². The van der Waals surface area contributed by atoms with Crippen LogP contribution in [0.2, 0.25) is 0 Å². The number of aromatic hydroxyl groups is 1. The van der Waals surface area contributed by atoms with Crippen molar-refractivity contribution >= 4 is 16.8 Å². The van der Waals surface area contributed by atoms with E-state index in [9.17, 15) is 52.7 Å². The molecule has 0 aliphatic heterocycles. The van der Waals surface area contributed by atoms with E-state index in [1.165, 1.54) is 37.4 Å². The summed E-state index contributed by atoms with van der Waals surface area (Å²) in [4.78, 5) is 3.90. The molecule has 0 bridgehead atoms. The third-order valence-electron chi connectivity index (χ3n) is 5.97. The van der Waals surface area contributed by atoms with Gasteiger partial charge in [0.15, 0.2) is 11.3 Å². The van der Waals surface area contributed by atoms with Gasteiger partial charge in [0.05, 0.1) is 29.5 Å². The summed E-state index contributed by atoms with van der Waals surface area (Å²) in [5.74, 6) is -0.668. The molecule has 0 aliphatic carbocycles. The highest BCUT2D eigenvalue weighted by atomic mass is 19.4. The Kier molecular flexibility index (Phi) is 14.6. The molecule has 0 spiro atoms. The summed E-state index contributed by atoms with van der Waals surface area (Å²) in [7, 11) is 2.41. The van der Waals surface area contributed by atoms with Gasteiger partial charge in [0, 0.05) is 12.7 Å². The minimum Gasteiger partial charge on any atom is -0.505 e. The van der Waals surface area contributed by atoms with Gasteiger partial charge in [-0.1, -0.05) is 19.6 Å². The average Bonchev–Trinajstić information content (AvgIpc) is 3.47. The molecule has 0 atom stereocenters. The fourth-order valence-corrected chi connectivity index (χ4v) is 3.67. The first-order valence-electron chi connectivity index (χ1n) is 13.1. The number of benzene rings is 4. The Hall–Kier alpha value is -5.13. The van der Waals surface area contributed by atoms with Gasteiger partial charge in [-0.3, -0.25) is 0 Å². The molecule has 5 rings (SSSR count). The number of nitrogens with two attached hydrogens (primary N) is 1. The van der Waals surface area contributed by atoms with Crippen LogP contribution in [-0.4, -0.2) is 29.4 Å². The number of methoxy groups -OCH3 is 1. The van der Waals surface area contributed by atoms with Crippen molar-refractivity contribution in [2.45, 2.75) is 32.1 Å². The molecule has 6 nitrogen and oxygen atoms in total. The van der Waals surface area contributed by atoms with Gasteiger partial charge in [0.2, 0.25) is 5.89 Å². The first kappa shape index (κ1) is 42.9. The lowest BCUT2D eigenvalue weighted by atomic mass is 10.1. The van der Waals surface area contributed by atoms with Crippen molar-refractivity contribution in [1.29, 1.82) is 0 Å². The number of para-hydroxylation sites is 2. The molecule has 50 heavy (non-hydrogen) atoms. The van der Waals surface area contributed by atoms with E-state index in [0.29, 0.717) is 5.75 Å². The number of nitrogens with zero attached hydrogens (tertiary/aromatic N) is 1. The predicted molar refractivity (Wildman–Crippen MR) is 160 cm³/mol. The van der Waals surface area contributed by atoms with E-state index in [2.05, 4.69) is 4.98 Å². The maximum Gasteiger partial charge on any atom is 0.420 e. The van der Waals surface area contributed by atoms with E-state index < -0.39 is 58.3 Å². The number of hydrogen-bond donors (Lipinski definition) is 3. The number of ether oxygens (including phenoxy) is 1. The molecule has 0 aliphatic rings. The number of aliphatic hydroxyl groups is 1. The minimum absolute atomic E-state index is 0. The van der Waals surface area contributed by atoms with Gasteiger partial charge in [-0.05, 0) is 72.8 Å². The van der Waals surface area contributed by atoms with E-state index >= 15 is 0 Å². The van der Waals surface area contributed by atoms with Gasteiger partial charge in [-0.2, -0.15) is 52.7 Å². The zero-order chi connectivity index (χ0) is 37.4. The second kappa shape index (κ2) is 17.0. The molecule has 274 valence electrons. The molecule has 0 saturated carbocycles. The predicted octanol–water partition coefficient (Wildman–Crippen LogP) is 10.5. The van der Waals surface area contributed by atoms with E-state index in [4.69, 9.17) is 25.1 Å². The molecule has 0 radical (unpaired) electrons. The van der Waals surface area contributed by atoms with Crippen LogP contribution in [0.5, 0.6) is 11.5 Å². The quantitative estimate of drug-likeness (QED) is 0.0949. The van der Waals surface area contributed by atoms with Crippen LogP contribution in [0.4, 0.5) is 58.4 Å². The standard InChI is InChI=1S/C15H7F6NO.C8H7F3O.C7H6F3NO.CH4O.CH4/c16-14(17,18)9-6-4-8(5-7-9)13-22-11-3-1-2-10(12(11)23-13)15(19,20)21;1-12-7-4-2-6(3-5-7)8(9,10)11;8-7(9,10)4-2-1-3-5(11)6(4)12;1-2;/h1-7H;2-5H,1H3;1-3,12H,11H2;2H,1H3;1H4. The molecule has 0 amide bonds. The highest BCUT2D eigenvalue weighted by Gasteiger charge is 2.36. The van der Waals surface area contributed by atoms with Gasteiger partial charge < -0.3 is 25.1 Å². The third kappa shape index (κ3) is 11.5. The largest absolute Gasteiger partial charge is 0.505 e. The fourth-order valence-electron chi connectivity index (χ4n) is 3.67. The van der Waals surface area contributed by atoms with Crippen molar-refractivity contribution in [3.63, 3.8) is 0 Å². The highest BCUT2D eigenvalue weighted by molar-refractivity contribution is 5.80. The summed E-state index contributed by atoms with van der Waals surface area (Å²) < 4.78 is 158. The van der Waals surface area contributed by atoms with E-state index in [-0.39, 0.29) is 30.1 Å². The van der Waals surface area contributed by atoms with Crippen molar-refractivity contribution in [2.24, 2.45) is 0 Å². The lowest BCUT2D eigenvalue weighted by Gasteiger charge is -2.09. The van der Waals surface area contributed by atoms with Crippen LogP contribution in [-0.2, 0) is 24.7 Å². The topological polar surface area (TPSA) is 102 Å². The molecule has 4 N–H and O–H groups in total. The fraction of sp³-hybridized carbons (Fsp3) is 0.219. The zero-order valence-electron chi connectivity index (χ0n) is 24.9. The number of halogens is 12. The lowest BCUT2D eigenvalue weighted by molar-refractivity contribution is -0.139. The maximum absolute atomic E-state index is 12.9. The molecular formula is C32H28F12N2O4. The molecule has 0 fully saturated rings. The van der Waals surface area contributed by atoms with Crippen molar-refractivity contribution in [2.75, 3.05) is 20.0 Å². The molecule has 5 aromatic rings. The van der Waals surface area contributed by atoms with Gasteiger partial charge in [-0.15, -0.1) is 0 Å². The summed E-state index contributed by atoms with van der Waals surface area (Å²) in [6.07, 6.45) is -17.9. The monoisotopic (exact) mass is 732 g/mol. The first-order chi connectivity index (χ1) is 22.6. The molecule has 18 heteroatoms. The zero-order valence-corrected chi connectivity index (χ0v) is 24.9. The second-order valence-corrected chi connectivity index (χ2v) is 9.21. The number of nitrogen functional groups attached to an aromatic ring is 1. The highest BCUT2D eigenvalue weighted by Crippen LogP contribution is 2.39.